The predicted molar refractivity (Wildman–Crippen MR) is 88.1 cm³/mol. The van der Waals surface area contributed by atoms with Gasteiger partial charge in [-0.1, -0.05) is 45.5 Å². The number of nitrogens with zero attached hydrogens (tertiary/aromatic N) is 1. The predicted octanol–water partition coefficient (Wildman–Crippen LogP) is 2.81. The van der Waals surface area contributed by atoms with E-state index in [1.165, 1.54) is 12.1 Å². The van der Waals surface area contributed by atoms with Gasteiger partial charge in [0.25, 0.3) is 0 Å². The molecule has 0 radical (unpaired) electrons. The fraction of sp³-hybridized carbons (Fsp3) is 0.538. The van der Waals surface area contributed by atoms with Crippen molar-refractivity contribution in [1.82, 2.24) is 9.37 Å². The lowest BCUT2D eigenvalue weighted by atomic mass is 10.2. The number of hydrogen-bond acceptors (Lipinski definition) is 5. The smallest absolute Gasteiger partial charge is 0.358 e. The molecule has 0 amide bonds. The number of nitrogens with one attached hydrogen (secondary N) is 1. The number of ether oxygens (including phenoxy) is 1. The highest BCUT2D eigenvalue weighted by molar-refractivity contribution is 7.91. The molecule has 124 valence electrons. The topological polar surface area (TPSA) is 85.4 Å². The lowest BCUT2D eigenvalue weighted by Crippen LogP contribution is -2.54. The third-order valence-corrected chi connectivity index (χ3v) is 11.7. The highest BCUT2D eigenvalue weighted by atomic mass is 35.5. The third kappa shape index (κ3) is 4.06. The molecule has 1 aromatic rings. The number of methoxy groups -OCH3 is 1. The van der Waals surface area contributed by atoms with Gasteiger partial charge in [0.2, 0.25) is 10.0 Å². The Kier molecular flexibility index (Phi) is 5.44. The normalized spacial score (nSPS) is 13.0. The van der Waals surface area contributed by atoms with Gasteiger partial charge >= 0.3 is 5.97 Å². The van der Waals surface area contributed by atoms with Gasteiger partial charge in [-0.3, -0.25) is 0 Å². The molecule has 1 heterocycles. The van der Waals surface area contributed by atoms with Crippen molar-refractivity contribution in [3.63, 3.8) is 0 Å². The zero-order chi connectivity index (χ0) is 17.3. The first-order chi connectivity index (χ1) is 9.82. The lowest BCUT2D eigenvalue weighted by Gasteiger charge is -2.36. The van der Waals surface area contributed by atoms with E-state index < -0.39 is 24.2 Å². The van der Waals surface area contributed by atoms with E-state index in [0.29, 0.717) is 0 Å². The number of hydrogen-bond donors (Lipinski definition) is 1. The first-order valence-electron chi connectivity index (χ1n) is 6.60. The Morgan fingerprint density at radius 3 is 2.32 bits per heavy atom. The molecule has 0 aromatic carbocycles. The quantitative estimate of drug-likeness (QED) is 0.504. The number of carbonyl (C=O) groups is 1. The largest absolute Gasteiger partial charge is 0.464 e. The summed E-state index contributed by atoms with van der Waals surface area (Å²) in [6.45, 7) is 9.74. The van der Waals surface area contributed by atoms with E-state index in [9.17, 15) is 13.2 Å². The average molecular weight is 365 g/mol. The zero-order valence-electron chi connectivity index (χ0n) is 13.5. The van der Waals surface area contributed by atoms with Crippen LogP contribution in [0.1, 0.15) is 31.3 Å². The van der Waals surface area contributed by atoms with Gasteiger partial charge in [-0.2, -0.15) is 0 Å². The number of carbonyl (C=O) groups excluding carboxylic acids is 1. The average Bonchev–Trinajstić information content (AvgIpc) is 2.34. The Balaban J connectivity index is 3.39. The van der Waals surface area contributed by atoms with Crippen LogP contribution in [0, 0.1) is 0 Å². The van der Waals surface area contributed by atoms with Crippen LogP contribution in [0.5, 0.6) is 0 Å². The minimum Gasteiger partial charge on any atom is -0.464 e. The fourth-order valence-electron chi connectivity index (χ4n) is 1.43. The van der Waals surface area contributed by atoms with Gasteiger partial charge in [0.05, 0.1) is 7.11 Å². The van der Waals surface area contributed by atoms with Crippen LogP contribution in [-0.2, 0) is 14.8 Å². The Labute approximate surface area is 137 Å². The van der Waals surface area contributed by atoms with Crippen LogP contribution >= 0.6 is 11.6 Å². The van der Waals surface area contributed by atoms with Crippen molar-refractivity contribution in [2.45, 2.75) is 43.8 Å². The molecule has 0 aliphatic carbocycles. The highest BCUT2D eigenvalue weighted by Gasteiger charge is 2.40. The second-order valence-electron chi connectivity index (χ2n) is 6.45. The fourth-order valence-corrected chi connectivity index (χ4v) is 6.56. The molecular weight excluding hydrogens is 344 g/mol. The molecule has 0 aliphatic heterocycles. The monoisotopic (exact) mass is 364 g/mol. The van der Waals surface area contributed by atoms with E-state index in [4.69, 9.17) is 11.6 Å². The van der Waals surface area contributed by atoms with Crippen LogP contribution in [0.3, 0.4) is 0 Å². The van der Waals surface area contributed by atoms with Crippen LogP contribution < -0.4 is 4.39 Å². The van der Waals surface area contributed by atoms with Gasteiger partial charge in [0, 0.05) is 0 Å². The second-order valence-corrected chi connectivity index (χ2v) is 13.9. The maximum Gasteiger partial charge on any atom is 0.358 e. The molecule has 1 rings (SSSR count). The van der Waals surface area contributed by atoms with Crippen LogP contribution in [0.25, 0.3) is 0 Å². The van der Waals surface area contributed by atoms with E-state index in [-0.39, 0.29) is 20.8 Å². The molecule has 0 atom stereocenters. The van der Waals surface area contributed by atoms with Gasteiger partial charge in [-0.05, 0) is 17.2 Å². The van der Waals surface area contributed by atoms with Crippen molar-refractivity contribution in [3.05, 3.63) is 23.0 Å². The Bertz CT molecular complexity index is 684. The summed E-state index contributed by atoms with van der Waals surface area (Å²) < 4.78 is 32.7. The first-order valence-corrected chi connectivity index (χ1v) is 11.5. The van der Waals surface area contributed by atoms with Crippen molar-refractivity contribution in [2.24, 2.45) is 0 Å². The molecule has 0 aliphatic rings. The van der Waals surface area contributed by atoms with Crippen LogP contribution in [0.4, 0.5) is 0 Å². The van der Waals surface area contributed by atoms with Crippen molar-refractivity contribution in [2.75, 3.05) is 7.11 Å². The van der Waals surface area contributed by atoms with Crippen molar-refractivity contribution < 1.29 is 17.9 Å². The van der Waals surface area contributed by atoms with E-state index >= 15 is 0 Å². The maximum atomic E-state index is 12.7. The minimum absolute atomic E-state index is 0.0201. The standard InChI is InChI=1S/C13H21ClN2O4SSi/c1-13(2,3)22(5,6)16-21(18,19)9-7-8-10(14)15-11(9)12(17)20-4/h7-8,16H,1-6H3. The molecule has 0 fully saturated rings. The van der Waals surface area contributed by atoms with Crippen molar-refractivity contribution >= 4 is 35.8 Å². The van der Waals surface area contributed by atoms with E-state index in [2.05, 4.69) is 14.1 Å². The van der Waals surface area contributed by atoms with Crippen molar-refractivity contribution in [3.8, 4) is 0 Å². The molecule has 0 unspecified atom stereocenters. The Morgan fingerprint density at radius 1 is 1.32 bits per heavy atom. The molecule has 9 heteroatoms. The van der Waals surface area contributed by atoms with Gasteiger partial charge < -0.3 is 4.74 Å². The SMILES string of the molecule is COC(=O)c1nc(Cl)ccc1S(=O)(=O)N[Si](C)(C)C(C)(C)C. The molecule has 0 spiro atoms. The van der Waals surface area contributed by atoms with Gasteiger partial charge in [0.1, 0.15) is 18.3 Å². The number of pyridine rings is 1. The number of halogens is 1. The highest BCUT2D eigenvalue weighted by Crippen LogP contribution is 2.35. The summed E-state index contributed by atoms with van der Waals surface area (Å²) in [5, 5.41) is -0.183. The van der Waals surface area contributed by atoms with Gasteiger partial charge in [-0.15, -0.1) is 0 Å². The van der Waals surface area contributed by atoms with E-state index in [1.807, 2.05) is 33.9 Å². The van der Waals surface area contributed by atoms with Gasteiger partial charge in [0.15, 0.2) is 5.69 Å². The number of rotatable bonds is 4. The molecule has 1 N–H and O–H groups in total. The molecule has 0 saturated carbocycles. The molecule has 0 saturated heterocycles. The summed E-state index contributed by atoms with van der Waals surface area (Å²) >= 11 is 5.75. The van der Waals surface area contributed by atoms with Crippen molar-refractivity contribution in [1.29, 1.82) is 0 Å². The Hall–Kier alpha value is -0.963. The number of sulfonamides is 1. The molecule has 22 heavy (non-hydrogen) atoms. The van der Waals surface area contributed by atoms with Crippen LogP contribution in [0.15, 0.2) is 17.0 Å². The summed E-state index contributed by atoms with van der Waals surface area (Å²) in [6, 6.07) is 2.59. The van der Waals surface area contributed by atoms with E-state index in [0.717, 1.165) is 7.11 Å². The number of aromatic nitrogens is 1. The van der Waals surface area contributed by atoms with E-state index in [1.54, 1.807) is 0 Å². The summed E-state index contributed by atoms with van der Waals surface area (Å²) in [4.78, 5) is 15.3. The van der Waals surface area contributed by atoms with Crippen LogP contribution in [-0.4, -0.2) is 34.7 Å². The molecule has 0 bridgehead atoms. The van der Waals surface area contributed by atoms with Gasteiger partial charge in [-0.25, -0.2) is 22.6 Å². The minimum atomic E-state index is -3.91. The van der Waals surface area contributed by atoms with Crippen LogP contribution in [0.2, 0.25) is 23.3 Å². The summed E-state index contributed by atoms with van der Waals surface area (Å²) in [7, 11) is -5.11. The second kappa shape index (κ2) is 6.27. The number of esters is 1. The summed E-state index contributed by atoms with van der Waals surface area (Å²) in [5.74, 6) is -0.849. The molecule has 1 aromatic heterocycles. The third-order valence-electron chi connectivity index (χ3n) is 3.76. The lowest BCUT2D eigenvalue weighted by molar-refractivity contribution is 0.0589. The maximum absolute atomic E-state index is 12.7. The summed E-state index contributed by atoms with van der Waals surface area (Å²) in [6.07, 6.45) is 0. The Morgan fingerprint density at radius 2 is 1.86 bits per heavy atom. The zero-order valence-corrected chi connectivity index (χ0v) is 16.1. The molecule has 6 nitrogen and oxygen atoms in total. The molecular formula is C13H21ClN2O4SSi. The first kappa shape index (κ1) is 19.1. The summed E-state index contributed by atoms with van der Waals surface area (Å²) in [5.41, 5.74) is -0.318.